The lowest BCUT2D eigenvalue weighted by molar-refractivity contribution is 0.271. The molecule has 0 saturated heterocycles. The van der Waals surface area contributed by atoms with Gasteiger partial charge in [-0.05, 0) is 40.9 Å². The van der Waals surface area contributed by atoms with Gasteiger partial charge in [0, 0.05) is 19.1 Å². The average molecular weight is 251 g/mol. The maximum atomic E-state index is 11.4. The predicted octanol–water partition coefficient (Wildman–Crippen LogP) is -0.144. The fraction of sp³-hybridized carbons (Fsp3) is 1.00. The van der Waals surface area contributed by atoms with E-state index in [0.29, 0.717) is 19.1 Å². The molecule has 0 amide bonds. The van der Waals surface area contributed by atoms with Crippen LogP contribution in [0.3, 0.4) is 0 Å². The van der Waals surface area contributed by atoms with Gasteiger partial charge in [0.15, 0.2) is 0 Å². The molecule has 0 aromatic carbocycles. The van der Waals surface area contributed by atoms with E-state index in [0.717, 1.165) is 13.0 Å². The first-order valence-electron chi connectivity index (χ1n) is 5.71. The molecule has 5 nitrogen and oxygen atoms in total. The van der Waals surface area contributed by atoms with Gasteiger partial charge in [-0.25, -0.2) is 13.1 Å². The third-order valence-corrected chi connectivity index (χ3v) is 3.90. The number of nitrogens with one attached hydrogen (secondary N) is 2. The van der Waals surface area contributed by atoms with Crippen molar-refractivity contribution in [3.63, 3.8) is 0 Å². The van der Waals surface area contributed by atoms with Gasteiger partial charge >= 0.3 is 0 Å². The summed E-state index contributed by atoms with van der Waals surface area (Å²) in [6.07, 6.45) is 0.841. The van der Waals surface area contributed by atoms with Crippen LogP contribution in [0.25, 0.3) is 0 Å². The molecule has 0 fully saturated rings. The van der Waals surface area contributed by atoms with Crippen LogP contribution in [0, 0.1) is 0 Å². The Kier molecular flexibility index (Phi) is 7.91. The van der Waals surface area contributed by atoms with Gasteiger partial charge in [-0.3, -0.25) is 0 Å². The Bertz CT molecular complexity index is 265. The number of rotatable bonds is 9. The van der Waals surface area contributed by atoms with Gasteiger partial charge in [-0.1, -0.05) is 0 Å². The van der Waals surface area contributed by atoms with Gasteiger partial charge in [0.05, 0.1) is 5.75 Å². The minimum Gasteiger partial charge on any atom is -0.319 e. The van der Waals surface area contributed by atoms with E-state index >= 15 is 0 Å². The summed E-state index contributed by atoms with van der Waals surface area (Å²) in [5.41, 5.74) is 0. The largest absolute Gasteiger partial charge is 0.319 e. The van der Waals surface area contributed by atoms with E-state index in [1.165, 1.54) is 0 Å². The number of hydrogen-bond donors (Lipinski definition) is 2. The van der Waals surface area contributed by atoms with Crippen molar-refractivity contribution in [1.29, 1.82) is 0 Å². The average Bonchev–Trinajstić information content (AvgIpc) is 2.21. The van der Waals surface area contributed by atoms with Crippen LogP contribution in [0.5, 0.6) is 0 Å². The third kappa shape index (κ3) is 8.04. The van der Waals surface area contributed by atoms with Gasteiger partial charge in [0.1, 0.15) is 0 Å². The third-order valence-electron chi connectivity index (χ3n) is 2.51. The molecule has 0 aromatic rings. The summed E-state index contributed by atoms with van der Waals surface area (Å²) in [5.74, 6) is 0.142. The Morgan fingerprint density at radius 3 is 2.38 bits per heavy atom. The lowest BCUT2D eigenvalue weighted by Gasteiger charge is -2.20. The van der Waals surface area contributed by atoms with Crippen molar-refractivity contribution in [2.45, 2.75) is 26.3 Å². The van der Waals surface area contributed by atoms with Gasteiger partial charge < -0.3 is 10.2 Å². The van der Waals surface area contributed by atoms with E-state index in [1.807, 2.05) is 7.05 Å². The van der Waals surface area contributed by atoms with Crippen LogP contribution in [0.4, 0.5) is 0 Å². The molecular weight excluding hydrogens is 226 g/mol. The smallest absolute Gasteiger partial charge is 0.212 e. The molecular formula is C10H25N3O2S. The molecule has 2 N–H and O–H groups in total. The predicted molar refractivity (Wildman–Crippen MR) is 68.1 cm³/mol. The summed E-state index contributed by atoms with van der Waals surface area (Å²) < 4.78 is 25.4. The molecule has 0 aromatic heterocycles. The van der Waals surface area contributed by atoms with Crippen molar-refractivity contribution in [2.24, 2.45) is 0 Å². The second kappa shape index (κ2) is 8.00. The highest BCUT2D eigenvalue weighted by atomic mass is 32.2. The maximum Gasteiger partial charge on any atom is 0.212 e. The second-order valence-corrected chi connectivity index (χ2v) is 6.17. The minimum absolute atomic E-state index is 0.142. The fourth-order valence-corrected chi connectivity index (χ4v) is 2.20. The van der Waals surface area contributed by atoms with Crippen molar-refractivity contribution in [3.05, 3.63) is 0 Å². The molecule has 0 atom stereocenters. The van der Waals surface area contributed by atoms with E-state index in [4.69, 9.17) is 0 Å². The summed E-state index contributed by atoms with van der Waals surface area (Å²) in [7, 11) is 0.692. The van der Waals surface area contributed by atoms with Crippen molar-refractivity contribution < 1.29 is 8.42 Å². The molecule has 0 unspecified atom stereocenters. The quantitative estimate of drug-likeness (QED) is 0.560. The zero-order valence-electron chi connectivity index (χ0n) is 10.8. The maximum absolute atomic E-state index is 11.4. The van der Waals surface area contributed by atoms with Crippen molar-refractivity contribution in [2.75, 3.05) is 39.5 Å². The summed E-state index contributed by atoms with van der Waals surface area (Å²) in [4.78, 5) is 2.20. The molecule has 0 heterocycles. The lowest BCUT2D eigenvalue weighted by atomic mass is 10.3. The SMILES string of the molecule is CNCCS(=O)(=O)NCCCN(C)C(C)C. The molecule has 0 bridgehead atoms. The first kappa shape index (κ1) is 15.8. The Morgan fingerprint density at radius 2 is 1.88 bits per heavy atom. The summed E-state index contributed by atoms with van der Waals surface area (Å²) in [5, 5.41) is 2.82. The van der Waals surface area contributed by atoms with Crippen molar-refractivity contribution in [1.82, 2.24) is 14.9 Å². The van der Waals surface area contributed by atoms with Crippen molar-refractivity contribution >= 4 is 10.0 Å². The van der Waals surface area contributed by atoms with Crippen LogP contribution < -0.4 is 10.0 Å². The Morgan fingerprint density at radius 1 is 1.25 bits per heavy atom. The van der Waals surface area contributed by atoms with Gasteiger partial charge in [0.2, 0.25) is 10.0 Å². The number of sulfonamides is 1. The summed E-state index contributed by atoms with van der Waals surface area (Å²) in [6.45, 7) is 6.16. The van der Waals surface area contributed by atoms with Gasteiger partial charge in [0.25, 0.3) is 0 Å². The highest BCUT2D eigenvalue weighted by molar-refractivity contribution is 7.89. The molecule has 0 rings (SSSR count). The highest BCUT2D eigenvalue weighted by Gasteiger charge is 2.08. The molecule has 0 aliphatic heterocycles. The molecule has 6 heteroatoms. The fourth-order valence-electron chi connectivity index (χ4n) is 1.12. The second-order valence-electron chi connectivity index (χ2n) is 4.24. The summed E-state index contributed by atoms with van der Waals surface area (Å²) >= 11 is 0. The van der Waals surface area contributed by atoms with Crippen LogP contribution in [-0.4, -0.2) is 58.8 Å². The normalized spacial score (nSPS) is 12.6. The van der Waals surface area contributed by atoms with Crippen LogP contribution in [-0.2, 0) is 10.0 Å². The minimum atomic E-state index is -3.09. The highest BCUT2D eigenvalue weighted by Crippen LogP contribution is 1.94. The van der Waals surface area contributed by atoms with Crippen LogP contribution in [0.2, 0.25) is 0 Å². The summed E-state index contributed by atoms with van der Waals surface area (Å²) in [6, 6.07) is 0.501. The Labute approximate surface area is 99.6 Å². The van der Waals surface area contributed by atoms with Gasteiger partial charge in [-0.15, -0.1) is 0 Å². The van der Waals surface area contributed by atoms with E-state index in [9.17, 15) is 8.42 Å². The molecule has 0 aliphatic carbocycles. The standard InChI is InChI=1S/C10H25N3O2S/c1-10(2)13(4)8-5-6-12-16(14,15)9-7-11-3/h10-12H,5-9H2,1-4H3. The molecule has 0 saturated carbocycles. The van der Waals surface area contributed by atoms with Gasteiger partial charge in [-0.2, -0.15) is 0 Å². The number of hydrogen-bond acceptors (Lipinski definition) is 4. The zero-order chi connectivity index (χ0) is 12.6. The van der Waals surface area contributed by atoms with Crippen LogP contribution >= 0.6 is 0 Å². The van der Waals surface area contributed by atoms with Crippen LogP contribution in [0.1, 0.15) is 20.3 Å². The van der Waals surface area contributed by atoms with E-state index < -0.39 is 10.0 Å². The van der Waals surface area contributed by atoms with Crippen LogP contribution in [0.15, 0.2) is 0 Å². The zero-order valence-corrected chi connectivity index (χ0v) is 11.6. The van der Waals surface area contributed by atoms with E-state index in [2.05, 4.69) is 28.8 Å². The molecule has 0 spiro atoms. The topological polar surface area (TPSA) is 61.4 Å². The van der Waals surface area contributed by atoms with Crippen molar-refractivity contribution in [3.8, 4) is 0 Å². The van der Waals surface area contributed by atoms with E-state index in [-0.39, 0.29) is 5.75 Å². The molecule has 0 aliphatic rings. The monoisotopic (exact) mass is 251 g/mol. The Hall–Kier alpha value is -0.170. The first-order chi connectivity index (χ1) is 7.39. The molecule has 0 radical (unpaired) electrons. The number of nitrogens with zero attached hydrogens (tertiary/aromatic N) is 1. The van der Waals surface area contributed by atoms with E-state index in [1.54, 1.807) is 7.05 Å². The Balaban J connectivity index is 3.65. The molecule has 16 heavy (non-hydrogen) atoms. The lowest BCUT2D eigenvalue weighted by Crippen LogP contribution is -2.34. The molecule has 98 valence electrons. The first-order valence-corrected chi connectivity index (χ1v) is 7.36.